The van der Waals surface area contributed by atoms with E-state index in [9.17, 15) is 14.0 Å². The smallest absolute Gasteiger partial charge is 0.325 e. The Morgan fingerprint density at radius 1 is 1.36 bits per heavy atom. The molecule has 0 saturated heterocycles. The number of fused-ring (bicyclic) bond motifs is 1. The highest BCUT2D eigenvalue weighted by Crippen LogP contribution is 2.33. The Bertz CT molecular complexity index is 831. The van der Waals surface area contributed by atoms with Crippen molar-refractivity contribution in [3.05, 3.63) is 58.1 Å². The van der Waals surface area contributed by atoms with Crippen LogP contribution in [0.2, 0.25) is 0 Å². The number of benzene rings is 1. The average molecular weight is 408 g/mol. The van der Waals surface area contributed by atoms with Crippen molar-refractivity contribution in [2.75, 3.05) is 18.5 Å². The summed E-state index contributed by atoms with van der Waals surface area (Å²) >= 11 is 3.22. The standard InChI is InChI=1S/C17H15BrFN3O3/c1-2-25-14(23)9-22-16(10-5-3-4-6-11(10)19)20-12-7-8-13(18)21-15(12)17(22)24/h3-8,16,20H,2,9H2,1H3. The highest BCUT2D eigenvalue weighted by atomic mass is 79.9. The lowest BCUT2D eigenvalue weighted by molar-refractivity contribution is -0.144. The SMILES string of the molecule is CCOC(=O)CN1C(=O)c2nc(Br)ccc2NC1c1ccccc1F. The molecular formula is C17H15BrFN3O3. The van der Waals surface area contributed by atoms with Gasteiger partial charge in [-0.15, -0.1) is 0 Å². The van der Waals surface area contributed by atoms with Crippen LogP contribution in [0.15, 0.2) is 41.0 Å². The Morgan fingerprint density at radius 3 is 2.84 bits per heavy atom. The Labute approximate surface area is 152 Å². The highest BCUT2D eigenvalue weighted by Gasteiger charge is 2.36. The fraction of sp³-hybridized carbons (Fsp3) is 0.235. The predicted octanol–water partition coefficient (Wildman–Crippen LogP) is 3.11. The second-order valence-electron chi connectivity index (χ2n) is 5.34. The second-order valence-corrected chi connectivity index (χ2v) is 6.15. The van der Waals surface area contributed by atoms with Crippen molar-refractivity contribution < 1.29 is 18.7 Å². The first-order chi connectivity index (χ1) is 12.0. The maximum Gasteiger partial charge on any atom is 0.325 e. The van der Waals surface area contributed by atoms with Crippen molar-refractivity contribution in [2.45, 2.75) is 13.1 Å². The summed E-state index contributed by atoms with van der Waals surface area (Å²) in [4.78, 5) is 30.2. The molecule has 1 aromatic carbocycles. The molecule has 1 atom stereocenters. The fourth-order valence-corrected chi connectivity index (χ4v) is 2.95. The van der Waals surface area contributed by atoms with Crippen molar-refractivity contribution in [3.8, 4) is 0 Å². The molecule has 2 aromatic rings. The molecule has 1 aliphatic heterocycles. The minimum absolute atomic E-state index is 0.159. The summed E-state index contributed by atoms with van der Waals surface area (Å²) in [7, 11) is 0. The zero-order chi connectivity index (χ0) is 18.0. The summed E-state index contributed by atoms with van der Waals surface area (Å²) in [5, 5.41) is 3.08. The van der Waals surface area contributed by atoms with E-state index >= 15 is 0 Å². The van der Waals surface area contributed by atoms with E-state index in [1.807, 2.05) is 0 Å². The zero-order valence-electron chi connectivity index (χ0n) is 13.3. The van der Waals surface area contributed by atoms with Crippen LogP contribution in [0.4, 0.5) is 10.1 Å². The highest BCUT2D eigenvalue weighted by molar-refractivity contribution is 9.10. The molecule has 0 bridgehead atoms. The van der Waals surface area contributed by atoms with Crippen molar-refractivity contribution in [3.63, 3.8) is 0 Å². The number of hydrogen-bond donors (Lipinski definition) is 1. The van der Waals surface area contributed by atoms with E-state index in [4.69, 9.17) is 4.74 Å². The quantitative estimate of drug-likeness (QED) is 0.622. The number of aromatic nitrogens is 1. The van der Waals surface area contributed by atoms with Crippen LogP contribution in [0.5, 0.6) is 0 Å². The molecule has 0 fully saturated rings. The van der Waals surface area contributed by atoms with Crippen LogP contribution in [0, 0.1) is 5.82 Å². The minimum atomic E-state index is -0.839. The van der Waals surface area contributed by atoms with Gasteiger partial charge in [-0.1, -0.05) is 18.2 Å². The van der Waals surface area contributed by atoms with Crippen LogP contribution in [-0.2, 0) is 9.53 Å². The van der Waals surface area contributed by atoms with Gasteiger partial charge in [-0.2, -0.15) is 0 Å². The zero-order valence-corrected chi connectivity index (χ0v) is 14.9. The molecular weight excluding hydrogens is 393 g/mol. The number of carbonyl (C=O) groups excluding carboxylic acids is 2. The number of halogens is 2. The largest absolute Gasteiger partial charge is 0.465 e. The van der Waals surface area contributed by atoms with Gasteiger partial charge in [0.2, 0.25) is 0 Å². The van der Waals surface area contributed by atoms with Crippen LogP contribution < -0.4 is 5.32 Å². The van der Waals surface area contributed by atoms with Gasteiger partial charge in [0.05, 0.1) is 12.3 Å². The maximum absolute atomic E-state index is 14.3. The first kappa shape index (κ1) is 17.3. The van der Waals surface area contributed by atoms with Crippen LogP contribution in [-0.4, -0.2) is 34.9 Å². The lowest BCUT2D eigenvalue weighted by Gasteiger charge is -2.37. The monoisotopic (exact) mass is 407 g/mol. The minimum Gasteiger partial charge on any atom is -0.465 e. The Kier molecular flexibility index (Phi) is 4.98. The number of amides is 1. The summed E-state index contributed by atoms with van der Waals surface area (Å²) < 4.78 is 19.7. The molecule has 130 valence electrons. The number of esters is 1. The number of carbonyl (C=O) groups is 2. The number of nitrogens with one attached hydrogen (secondary N) is 1. The Hall–Kier alpha value is -2.48. The van der Waals surface area contributed by atoms with E-state index in [1.54, 1.807) is 37.3 Å². The van der Waals surface area contributed by atoms with Crippen LogP contribution in [0.3, 0.4) is 0 Å². The second kappa shape index (κ2) is 7.18. The third-order valence-corrected chi connectivity index (χ3v) is 4.17. The molecule has 25 heavy (non-hydrogen) atoms. The van der Waals surface area contributed by atoms with E-state index in [-0.39, 0.29) is 24.4 Å². The van der Waals surface area contributed by atoms with Gasteiger partial charge in [-0.3, -0.25) is 9.59 Å². The van der Waals surface area contributed by atoms with E-state index in [2.05, 4.69) is 26.2 Å². The number of nitrogens with zero attached hydrogens (tertiary/aromatic N) is 2. The molecule has 1 amide bonds. The molecule has 0 saturated carbocycles. The molecule has 2 heterocycles. The van der Waals surface area contributed by atoms with Crippen LogP contribution in [0.25, 0.3) is 0 Å². The van der Waals surface area contributed by atoms with Gasteiger partial charge in [0, 0.05) is 5.56 Å². The number of rotatable bonds is 4. The molecule has 0 radical (unpaired) electrons. The van der Waals surface area contributed by atoms with E-state index in [0.29, 0.717) is 10.3 Å². The maximum atomic E-state index is 14.3. The number of ether oxygens (including phenoxy) is 1. The normalized spacial score (nSPS) is 16.2. The molecule has 0 spiro atoms. The van der Waals surface area contributed by atoms with Crippen molar-refractivity contribution in [1.29, 1.82) is 0 Å². The van der Waals surface area contributed by atoms with Gasteiger partial charge in [0.1, 0.15) is 23.1 Å². The van der Waals surface area contributed by atoms with Crippen LogP contribution >= 0.6 is 15.9 Å². The van der Waals surface area contributed by atoms with Gasteiger partial charge < -0.3 is 15.0 Å². The molecule has 3 rings (SSSR count). The third kappa shape index (κ3) is 3.48. The van der Waals surface area contributed by atoms with Gasteiger partial charge in [0.25, 0.3) is 5.91 Å². The predicted molar refractivity (Wildman–Crippen MR) is 92.4 cm³/mol. The van der Waals surface area contributed by atoms with Gasteiger partial charge >= 0.3 is 5.97 Å². The number of hydrogen-bond acceptors (Lipinski definition) is 5. The van der Waals surface area contributed by atoms with Gasteiger partial charge in [-0.25, -0.2) is 9.37 Å². The molecule has 0 aliphatic carbocycles. The molecule has 1 N–H and O–H groups in total. The Balaban J connectivity index is 2.04. The third-order valence-electron chi connectivity index (χ3n) is 3.73. The van der Waals surface area contributed by atoms with Gasteiger partial charge in [-0.05, 0) is 41.1 Å². The van der Waals surface area contributed by atoms with Crippen LogP contribution in [0.1, 0.15) is 29.1 Å². The van der Waals surface area contributed by atoms with E-state index in [0.717, 1.165) is 0 Å². The summed E-state index contributed by atoms with van der Waals surface area (Å²) in [5.74, 6) is -1.52. The summed E-state index contributed by atoms with van der Waals surface area (Å²) in [6, 6.07) is 9.46. The fourth-order valence-electron chi connectivity index (χ4n) is 2.64. The average Bonchev–Trinajstić information content (AvgIpc) is 2.59. The molecule has 8 heteroatoms. The van der Waals surface area contributed by atoms with Crippen molar-refractivity contribution in [1.82, 2.24) is 9.88 Å². The first-order valence-electron chi connectivity index (χ1n) is 7.65. The van der Waals surface area contributed by atoms with E-state index < -0.39 is 23.9 Å². The molecule has 1 unspecified atom stereocenters. The summed E-state index contributed by atoms with van der Waals surface area (Å²) in [6.07, 6.45) is -0.839. The summed E-state index contributed by atoms with van der Waals surface area (Å²) in [6.45, 7) is 1.56. The molecule has 1 aliphatic rings. The molecule has 6 nitrogen and oxygen atoms in total. The number of anilines is 1. The first-order valence-corrected chi connectivity index (χ1v) is 8.44. The lowest BCUT2D eigenvalue weighted by atomic mass is 10.1. The van der Waals surface area contributed by atoms with Gasteiger partial charge in [0.15, 0.2) is 5.69 Å². The Morgan fingerprint density at radius 2 is 2.12 bits per heavy atom. The van der Waals surface area contributed by atoms with Crippen molar-refractivity contribution >= 4 is 33.5 Å². The summed E-state index contributed by atoms with van der Waals surface area (Å²) in [5.41, 5.74) is 0.890. The molecule has 1 aromatic heterocycles. The lowest BCUT2D eigenvalue weighted by Crippen LogP contribution is -2.46. The van der Waals surface area contributed by atoms with Crippen molar-refractivity contribution in [2.24, 2.45) is 0 Å². The number of pyridine rings is 1. The topological polar surface area (TPSA) is 71.5 Å². The van der Waals surface area contributed by atoms with E-state index in [1.165, 1.54) is 11.0 Å².